The van der Waals surface area contributed by atoms with Crippen molar-refractivity contribution >= 4 is 30.7 Å². The third kappa shape index (κ3) is 3.91. The van der Waals surface area contributed by atoms with Gasteiger partial charge in [0.1, 0.15) is 12.1 Å². The minimum absolute atomic E-state index is 0.124. The van der Waals surface area contributed by atoms with E-state index in [0.717, 1.165) is 18.0 Å². The third-order valence-electron chi connectivity index (χ3n) is 2.78. The molecule has 2 heterocycles. The SMILES string of the molecule is COc1nc(Cl)nc2nn(COCC[Si](C)(C)C)cc12. The number of ether oxygens (including phenoxy) is 2. The summed E-state index contributed by atoms with van der Waals surface area (Å²) < 4.78 is 12.5. The number of rotatable bonds is 6. The van der Waals surface area contributed by atoms with E-state index in [4.69, 9.17) is 21.1 Å². The van der Waals surface area contributed by atoms with Crippen LogP contribution in [0.3, 0.4) is 0 Å². The van der Waals surface area contributed by atoms with Crippen LogP contribution in [0.15, 0.2) is 6.20 Å². The van der Waals surface area contributed by atoms with Crippen LogP contribution in [0, 0.1) is 0 Å². The quantitative estimate of drug-likeness (QED) is 0.466. The van der Waals surface area contributed by atoms with Crippen molar-refractivity contribution in [3.05, 3.63) is 11.5 Å². The van der Waals surface area contributed by atoms with Gasteiger partial charge >= 0.3 is 0 Å². The first-order valence-corrected chi connectivity index (χ1v) is 10.5. The lowest BCUT2D eigenvalue weighted by Gasteiger charge is -2.15. The van der Waals surface area contributed by atoms with Gasteiger partial charge in [-0.05, 0) is 17.6 Å². The Morgan fingerprint density at radius 1 is 1.30 bits per heavy atom. The lowest BCUT2D eigenvalue weighted by molar-refractivity contribution is 0.0790. The maximum absolute atomic E-state index is 5.81. The van der Waals surface area contributed by atoms with Crippen LogP contribution in [-0.4, -0.2) is 41.5 Å². The summed E-state index contributed by atoms with van der Waals surface area (Å²) in [4.78, 5) is 8.07. The van der Waals surface area contributed by atoms with Gasteiger partial charge in [0.05, 0.1) is 7.11 Å². The van der Waals surface area contributed by atoms with E-state index in [1.54, 1.807) is 18.0 Å². The highest BCUT2D eigenvalue weighted by Gasteiger charge is 2.13. The normalized spacial score (nSPS) is 12.1. The molecule has 0 bridgehead atoms. The summed E-state index contributed by atoms with van der Waals surface area (Å²) >= 11 is 5.81. The lowest BCUT2D eigenvalue weighted by atomic mass is 10.4. The zero-order valence-electron chi connectivity index (χ0n) is 12.2. The molecule has 0 saturated heterocycles. The van der Waals surface area contributed by atoms with Crippen molar-refractivity contribution in [2.75, 3.05) is 13.7 Å². The largest absolute Gasteiger partial charge is 0.480 e. The molecule has 0 aromatic carbocycles. The summed E-state index contributed by atoms with van der Waals surface area (Å²) in [7, 11) is 0.478. The Morgan fingerprint density at radius 3 is 2.70 bits per heavy atom. The molecule has 0 atom stereocenters. The minimum Gasteiger partial charge on any atom is -0.480 e. The summed E-state index contributed by atoms with van der Waals surface area (Å²) in [5, 5.41) is 5.16. The van der Waals surface area contributed by atoms with E-state index in [2.05, 4.69) is 34.7 Å². The Labute approximate surface area is 124 Å². The van der Waals surface area contributed by atoms with Gasteiger partial charge in [-0.3, -0.25) is 0 Å². The van der Waals surface area contributed by atoms with Crippen LogP contribution >= 0.6 is 11.6 Å². The van der Waals surface area contributed by atoms with E-state index in [1.807, 2.05) is 0 Å². The maximum atomic E-state index is 5.81. The van der Waals surface area contributed by atoms with Crippen LogP contribution in [0.1, 0.15) is 0 Å². The summed E-state index contributed by atoms with van der Waals surface area (Å²) in [5.74, 6) is 0.424. The number of aromatic nitrogens is 4. The van der Waals surface area contributed by atoms with E-state index in [-0.39, 0.29) is 5.28 Å². The molecule has 0 N–H and O–H groups in total. The van der Waals surface area contributed by atoms with E-state index >= 15 is 0 Å². The van der Waals surface area contributed by atoms with Gasteiger partial charge in [-0.25, -0.2) is 4.68 Å². The molecule has 0 aliphatic carbocycles. The summed E-state index contributed by atoms with van der Waals surface area (Å²) in [6, 6.07) is 1.13. The molecule has 0 spiro atoms. The number of hydrogen-bond donors (Lipinski definition) is 0. The van der Waals surface area contributed by atoms with E-state index in [1.165, 1.54) is 0 Å². The minimum atomic E-state index is -1.06. The smallest absolute Gasteiger partial charge is 0.228 e. The van der Waals surface area contributed by atoms with Crippen LogP contribution in [0.5, 0.6) is 5.88 Å². The summed E-state index contributed by atoms with van der Waals surface area (Å²) in [5.41, 5.74) is 0.510. The zero-order valence-corrected chi connectivity index (χ0v) is 13.9. The lowest BCUT2D eigenvalue weighted by Crippen LogP contribution is -2.22. The van der Waals surface area contributed by atoms with Gasteiger partial charge in [0.2, 0.25) is 11.2 Å². The van der Waals surface area contributed by atoms with Gasteiger partial charge in [-0.2, -0.15) is 9.97 Å². The number of nitrogens with zero attached hydrogens (tertiary/aromatic N) is 4. The molecule has 8 heteroatoms. The van der Waals surface area contributed by atoms with Crippen molar-refractivity contribution in [1.29, 1.82) is 0 Å². The average molecular weight is 315 g/mol. The standard InChI is InChI=1S/C12H19ClN4O2Si/c1-18-11-9-7-17(8-19-5-6-20(2,3)4)16-10(9)14-12(13)15-11/h7H,5-6,8H2,1-4H3. The molecule has 110 valence electrons. The molecule has 6 nitrogen and oxygen atoms in total. The Hall–Kier alpha value is -1.18. The number of halogens is 1. The predicted molar refractivity (Wildman–Crippen MR) is 81.0 cm³/mol. The van der Waals surface area contributed by atoms with Gasteiger partial charge in [-0.15, -0.1) is 5.10 Å². The van der Waals surface area contributed by atoms with Crippen molar-refractivity contribution < 1.29 is 9.47 Å². The molecule has 2 rings (SSSR count). The number of methoxy groups -OCH3 is 1. The van der Waals surface area contributed by atoms with Crippen molar-refractivity contribution in [3.63, 3.8) is 0 Å². The highest BCUT2D eigenvalue weighted by Crippen LogP contribution is 2.22. The van der Waals surface area contributed by atoms with Crippen LogP contribution < -0.4 is 4.74 Å². The van der Waals surface area contributed by atoms with E-state index in [0.29, 0.717) is 18.3 Å². The first-order valence-electron chi connectivity index (χ1n) is 6.41. The van der Waals surface area contributed by atoms with Crippen molar-refractivity contribution in [3.8, 4) is 5.88 Å². The molecule has 0 saturated carbocycles. The maximum Gasteiger partial charge on any atom is 0.228 e. The highest BCUT2D eigenvalue weighted by atomic mass is 35.5. The Balaban J connectivity index is 2.05. The molecule has 2 aromatic rings. The van der Waals surface area contributed by atoms with E-state index in [9.17, 15) is 0 Å². The molecule has 0 aliphatic heterocycles. The molecule has 0 fully saturated rings. The van der Waals surface area contributed by atoms with Gasteiger partial charge in [-0.1, -0.05) is 19.6 Å². The fourth-order valence-corrected chi connectivity index (χ4v) is 2.57. The molecular formula is C12H19ClN4O2Si. The van der Waals surface area contributed by atoms with E-state index < -0.39 is 8.07 Å². The molecular weight excluding hydrogens is 296 g/mol. The van der Waals surface area contributed by atoms with Crippen molar-refractivity contribution in [2.45, 2.75) is 32.4 Å². The first kappa shape index (κ1) is 15.2. The molecule has 0 amide bonds. The van der Waals surface area contributed by atoms with Gasteiger partial charge in [0, 0.05) is 20.9 Å². The Bertz CT molecular complexity index is 597. The monoisotopic (exact) mass is 314 g/mol. The van der Waals surface area contributed by atoms with Crippen LogP contribution in [-0.2, 0) is 11.5 Å². The van der Waals surface area contributed by atoms with Gasteiger partial charge in [0.15, 0.2) is 5.65 Å². The second-order valence-corrected chi connectivity index (χ2v) is 11.7. The second kappa shape index (κ2) is 6.07. The second-order valence-electron chi connectivity index (χ2n) is 5.76. The first-order chi connectivity index (χ1) is 9.39. The summed E-state index contributed by atoms with van der Waals surface area (Å²) in [6.07, 6.45) is 1.80. The highest BCUT2D eigenvalue weighted by molar-refractivity contribution is 6.76. The topological polar surface area (TPSA) is 62.1 Å². The molecule has 0 unspecified atom stereocenters. The van der Waals surface area contributed by atoms with Crippen molar-refractivity contribution in [1.82, 2.24) is 19.7 Å². The molecule has 2 aromatic heterocycles. The molecule has 0 radical (unpaired) electrons. The summed E-state index contributed by atoms with van der Waals surface area (Å²) in [6.45, 7) is 8.10. The molecule has 0 aliphatic rings. The van der Waals surface area contributed by atoms with Gasteiger partial charge < -0.3 is 9.47 Å². The van der Waals surface area contributed by atoms with Crippen LogP contribution in [0.2, 0.25) is 31.0 Å². The number of hydrogen-bond acceptors (Lipinski definition) is 5. The zero-order chi connectivity index (χ0) is 14.8. The third-order valence-corrected chi connectivity index (χ3v) is 4.65. The Kier molecular flexibility index (Phi) is 4.61. The van der Waals surface area contributed by atoms with Crippen molar-refractivity contribution in [2.24, 2.45) is 0 Å². The van der Waals surface area contributed by atoms with Crippen LogP contribution in [0.4, 0.5) is 0 Å². The van der Waals surface area contributed by atoms with Gasteiger partial charge in [0.25, 0.3) is 0 Å². The fourth-order valence-electron chi connectivity index (χ4n) is 1.66. The number of fused-ring (bicyclic) bond motifs is 1. The average Bonchev–Trinajstić information content (AvgIpc) is 2.75. The Morgan fingerprint density at radius 2 is 2.05 bits per heavy atom. The van der Waals surface area contributed by atoms with Crippen LogP contribution in [0.25, 0.3) is 11.0 Å². The predicted octanol–water partition coefficient (Wildman–Crippen LogP) is 2.80. The molecule has 20 heavy (non-hydrogen) atoms. The fraction of sp³-hybridized carbons (Fsp3) is 0.583.